The van der Waals surface area contributed by atoms with Crippen LogP contribution < -0.4 is 0 Å². The van der Waals surface area contributed by atoms with E-state index in [1.54, 1.807) is 12.1 Å². The van der Waals surface area contributed by atoms with Crippen LogP contribution >= 0.6 is 0 Å². The number of aromatic carboxylic acids is 1. The third kappa shape index (κ3) is 3.40. The standard InChI is InChI=1S/C13H17NO3S/c15-13(16)11-4-3-5-12(10-11)18(17)9-8-14-6-1-2-7-14/h3-5,10H,1-2,6-9H2,(H,15,16). The first kappa shape index (κ1) is 13.2. The number of hydrogen-bond acceptors (Lipinski definition) is 3. The van der Waals surface area contributed by atoms with Gasteiger partial charge in [-0.2, -0.15) is 0 Å². The number of carboxylic acids is 1. The van der Waals surface area contributed by atoms with Gasteiger partial charge in [-0.15, -0.1) is 0 Å². The van der Waals surface area contributed by atoms with Crippen LogP contribution in [0.3, 0.4) is 0 Å². The molecule has 1 aliphatic heterocycles. The summed E-state index contributed by atoms with van der Waals surface area (Å²) in [4.78, 5) is 13.7. The van der Waals surface area contributed by atoms with Gasteiger partial charge in [0.05, 0.1) is 16.4 Å². The maximum absolute atomic E-state index is 12.1. The molecule has 0 aromatic heterocycles. The van der Waals surface area contributed by atoms with E-state index in [0.717, 1.165) is 19.6 Å². The van der Waals surface area contributed by atoms with Gasteiger partial charge < -0.3 is 10.0 Å². The summed E-state index contributed by atoms with van der Waals surface area (Å²) >= 11 is 0. The highest BCUT2D eigenvalue weighted by molar-refractivity contribution is 7.85. The lowest BCUT2D eigenvalue weighted by Crippen LogP contribution is -2.24. The minimum absolute atomic E-state index is 0.196. The third-order valence-electron chi connectivity index (χ3n) is 3.14. The van der Waals surface area contributed by atoms with E-state index in [0.29, 0.717) is 10.6 Å². The van der Waals surface area contributed by atoms with Gasteiger partial charge in [0.1, 0.15) is 0 Å². The van der Waals surface area contributed by atoms with E-state index in [1.165, 1.54) is 25.0 Å². The van der Waals surface area contributed by atoms with Crippen molar-refractivity contribution in [2.75, 3.05) is 25.4 Å². The van der Waals surface area contributed by atoms with Crippen molar-refractivity contribution in [2.45, 2.75) is 17.7 Å². The fourth-order valence-electron chi connectivity index (χ4n) is 2.11. The fraction of sp³-hybridized carbons (Fsp3) is 0.462. The Balaban J connectivity index is 1.95. The van der Waals surface area contributed by atoms with Gasteiger partial charge in [-0.25, -0.2) is 4.79 Å². The van der Waals surface area contributed by atoms with E-state index < -0.39 is 16.8 Å². The first-order valence-electron chi connectivity index (χ1n) is 6.11. The summed E-state index contributed by atoms with van der Waals surface area (Å²) in [6.07, 6.45) is 2.45. The van der Waals surface area contributed by atoms with Crippen molar-refractivity contribution >= 4 is 16.8 Å². The molecular weight excluding hydrogens is 250 g/mol. The summed E-state index contributed by atoms with van der Waals surface area (Å²) < 4.78 is 12.1. The molecule has 1 saturated heterocycles. The fourth-order valence-corrected chi connectivity index (χ4v) is 3.26. The quantitative estimate of drug-likeness (QED) is 0.880. The molecule has 18 heavy (non-hydrogen) atoms. The molecule has 0 amide bonds. The Morgan fingerprint density at radius 2 is 2.06 bits per heavy atom. The van der Waals surface area contributed by atoms with E-state index in [2.05, 4.69) is 4.90 Å². The lowest BCUT2D eigenvalue weighted by Gasteiger charge is -2.13. The van der Waals surface area contributed by atoms with Crippen LogP contribution in [0.2, 0.25) is 0 Å². The van der Waals surface area contributed by atoms with Crippen molar-refractivity contribution in [1.82, 2.24) is 4.90 Å². The monoisotopic (exact) mass is 267 g/mol. The van der Waals surface area contributed by atoms with Crippen LogP contribution in [0.1, 0.15) is 23.2 Å². The molecule has 1 heterocycles. The molecule has 1 unspecified atom stereocenters. The largest absolute Gasteiger partial charge is 0.478 e. The lowest BCUT2D eigenvalue weighted by atomic mass is 10.2. The molecule has 1 aromatic carbocycles. The topological polar surface area (TPSA) is 57.6 Å². The molecular formula is C13H17NO3S. The van der Waals surface area contributed by atoms with Crippen LogP contribution in [0.15, 0.2) is 29.2 Å². The molecule has 1 fully saturated rings. The number of carbonyl (C=O) groups is 1. The van der Waals surface area contributed by atoms with E-state index in [9.17, 15) is 9.00 Å². The predicted molar refractivity (Wildman–Crippen MR) is 70.4 cm³/mol. The van der Waals surface area contributed by atoms with E-state index in [1.807, 2.05) is 0 Å². The van der Waals surface area contributed by atoms with Crippen molar-refractivity contribution < 1.29 is 14.1 Å². The molecule has 1 atom stereocenters. The maximum Gasteiger partial charge on any atom is 0.335 e. The van der Waals surface area contributed by atoms with Crippen LogP contribution in [0.5, 0.6) is 0 Å². The molecule has 0 saturated carbocycles. The summed E-state index contributed by atoms with van der Waals surface area (Å²) in [5, 5.41) is 8.89. The van der Waals surface area contributed by atoms with Gasteiger partial charge in [-0.05, 0) is 44.1 Å². The molecule has 0 radical (unpaired) electrons. The predicted octanol–water partition coefficient (Wildman–Crippen LogP) is 1.59. The van der Waals surface area contributed by atoms with Crippen molar-refractivity contribution in [3.05, 3.63) is 29.8 Å². The van der Waals surface area contributed by atoms with E-state index >= 15 is 0 Å². The van der Waals surface area contributed by atoms with Crippen LogP contribution in [-0.2, 0) is 10.8 Å². The van der Waals surface area contributed by atoms with E-state index in [4.69, 9.17) is 5.11 Å². The molecule has 0 aliphatic carbocycles. The first-order chi connectivity index (χ1) is 8.66. The first-order valence-corrected chi connectivity index (χ1v) is 7.43. The number of nitrogens with zero attached hydrogens (tertiary/aromatic N) is 1. The Hall–Kier alpha value is -1.20. The van der Waals surface area contributed by atoms with Gasteiger partial charge >= 0.3 is 5.97 Å². The molecule has 1 N–H and O–H groups in total. The summed E-state index contributed by atoms with van der Waals surface area (Å²) in [6.45, 7) is 3.00. The number of hydrogen-bond donors (Lipinski definition) is 1. The highest BCUT2D eigenvalue weighted by Gasteiger charge is 2.13. The Morgan fingerprint density at radius 1 is 1.33 bits per heavy atom. The molecule has 5 heteroatoms. The second-order valence-corrected chi connectivity index (χ2v) is 6.00. The molecule has 1 aromatic rings. The molecule has 98 valence electrons. The average Bonchev–Trinajstić information content (AvgIpc) is 2.89. The Morgan fingerprint density at radius 3 is 2.72 bits per heavy atom. The van der Waals surface area contributed by atoms with E-state index in [-0.39, 0.29) is 5.56 Å². The van der Waals surface area contributed by atoms with Gasteiger partial charge in [-0.3, -0.25) is 4.21 Å². The average molecular weight is 267 g/mol. The third-order valence-corrected chi connectivity index (χ3v) is 4.47. The molecule has 1 aliphatic rings. The maximum atomic E-state index is 12.1. The zero-order chi connectivity index (χ0) is 13.0. The summed E-state index contributed by atoms with van der Waals surface area (Å²) in [5.41, 5.74) is 0.196. The SMILES string of the molecule is O=C(O)c1cccc(S(=O)CCN2CCCC2)c1. The summed E-state index contributed by atoms with van der Waals surface area (Å²) in [6, 6.07) is 6.39. The zero-order valence-electron chi connectivity index (χ0n) is 10.2. The van der Waals surface area contributed by atoms with Gasteiger partial charge in [0.2, 0.25) is 0 Å². The van der Waals surface area contributed by atoms with Crippen LogP contribution in [-0.4, -0.2) is 45.6 Å². The smallest absolute Gasteiger partial charge is 0.335 e. The Labute approximate surface area is 109 Å². The Kier molecular flexibility index (Phi) is 4.49. The van der Waals surface area contributed by atoms with Crippen molar-refractivity contribution in [1.29, 1.82) is 0 Å². The number of likely N-dealkylation sites (tertiary alicyclic amines) is 1. The number of carboxylic acid groups (broad SMARTS) is 1. The second kappa shape index (κ2) is 6.11. The summed E-state index contributed by atoms with van der Waals surface area (Å²) in [5.74, 6) is -0.406. The normalized spacial score (nSPS) is 17.8. The van der Waals surface area contributed by atoms with Gasteiger partial charge in [0, 0.05) is 17.2 Å². The molecule has 0 spiro atoms. The Bertz CT molecular complexity index is 455. The second-order valence-electron chi connectivity index (χ2n) is 4.43. The number of rotatable bonds is 5. The molecule has 2 rings (SSSR count). The minimum atomic E-state index is -1.11. The molecule has 0 bridgehead atoms. The van der Waals surface area contributed by atoms with Crippen LogP contribution in [0, 0.1) is 0 Å². The molecule has 4 nitrogen and oxygen atoms in total. The van der Waals surface area contributed by atoms with Crippen molar-refractivity contribution in [3.63, 3.8) is 0 Å². The minimum Gasteiger partial charge on any atom is -0.478 e. The highest BCUT2D eigenvalue weighted by Crippen LogP contribution is 2.12. The van der Waals surface area contributed by atoms with Crippen LogP contribution in [0.4, 0.5) is 0 Å². The highest BCUT2D eigenvalue weighted by atomic mass is 32.2. The van der Waals surface area contributed by atoms with Gasteiger partial charge in [0.25, 0.3) is 0 Å². The van der Waals surface area contributed by atoms with Gasteiger partial charge in [-0.1, -0.05) is 6.07 Å². The van der Waals surface area contributed by atoms with Crippen molar-refractivity contribution in [2.24, 2.45) is 0 Å². The van der Waals surface area contributed by atoms with Crippen LogP contribution in [0.25, 0.3) is 0 Å². The lowest BCUT2D eigenvalue weighted by molar-refractivity contribution is 0.0696. The van der Waals surface area contributed by atoms with Gasteiger partial charge in [0.15, 0.2) is 0 Å². The van der Waals surface area contributed by atoms with Crippen molar-refractivity contribution in [3.8, 4) is 0 Å². The summed E-state index contributed by atoms with van der Waals surface area (Å²) in [7, 11) is -1.11. The zero-order valence-corrected chi connectivity index (χ0v) is 11.0. The number of benzene rings is 1.